The molecule has 1 unspecified atom stereocenters. The highest BCUT2D eigenvalue weighted by Gasteiger charge is 2.31. The van der Waals surface area contributed by atoms with Gasteiger partial charge in [0.2, 0.25) is 5.91 Å². The highest BCUT2D eigenvalue weighted by atomic mass is 16.5. The van der Waals surface area contributed by atoms with Gasteiger partial charge >= 0.3 is 5.97 Å². The van der Waals surface area contributed by atoms with E-state index < -0.39 is 12.1 Å². The van der Waals surface area contributed by atoms with Crippen molar-refractivity contribution >= 4 is 23.5 Å². The SMILES string of the molecule is CC1Oc2ccccc2N(CCC(=O)NCCc2cccc(C(=O)O)c2)C1=O. The Bertz CT molecular complexity index is 896. The van der Waals surface area contributed by atoms with Gasteiger partial charge < -0.3 is 20.1 Å². The summed E-state index contributed by atoms with van der Waals surface area (Å²) in [5, 5.41) is 11.8. The smallest absolute Gasteiger partial charge is 0.335 e. The average Bonchev–Trinajstić information content (AvgIpc) is 2.68. The lowest BCUT2D eigenvalue weighted by Crippen LogP contribution is -2.45. The molecule has 2 amide bonds. The Hall–Kier alpha value is -3.35. The Morgan fingerprint density at radius 3 is 2.75 bits per heavy atom. The number of rotatable bonds is 7. The van der Waals surface area contributed by atoms with Gasteiger partial charge in [-0.25, -0.2) is 4.79 Å². The van der Waals surface area contributed by atoms with E-state index >= 15 is 0 Å². The first-order valence-corrected chi connectivity index (χ1v) is 9.11. The lowest BCUT2D eigenvalue weighted by molar-refractivity contribution is -0.125. The number of ether oxygens (including phenoxy) is 1. The van der Waals surface area contributed by atoms with Crippen molar-refractivity contribution in [1.29, 1.82) is 0 Å². The van der Waals surface area contributed by atoms with Crippen LogP contribution in [0.4, 0.5) is 5.69 Å². The molecule has 28 heavy (non-hydrogen) atoms. The van der Waals surface area contributed by atoms with E-state index in [1.807, 2.05) is 18.2 Å². The molecular formula is C21H22N2O5. The molecule has 0 radical (unpaired) electrons. The molecule has 0 bridgehead atoms. The van der Waals surface area contributed by atoms with Gasteiger partial charge in [-0.2, -0.15) is 0 Å². The van der Waals surface area contributed by atoms with Gasteiger partial charge in [0.15, 0.2) is 6.10 Å². The van der Waals surface area contributed by atoms with Crippen LogP contribution in [-0.4, -0.2) is 42.1 Å². The van der Waals surface area contributed by atoms with Crippen LogP contribution in [0.5, 0.6) is 5.75 Å². The van der Waals surface area contributed by atoms with Crippen LogP contribution in [0.1, 0.15) is 29.3 Å². The fourth-order valence-corrected chi connectivity index (χ4v) is 3.10. The van der Waals surface area contributed by atoms with Crippen molar-refractivity contribution in [1.82, 2.24) is 5.32 Å². The van der Waals surface area contributed by atoms with Crippen molar-refractivity contribution in [3.63, 3.8) is 0 Å². The first kappa shape index (κ1) is 19.4. The molecule has 0 aliphatic carbocycles. The monoisotopic (exact) mass is 382 g/mol. The fraction of sp³-hybridized carbons (Fsp3) is 0.286. The van der Waals surface area contributed by atoms with E-state index in [1.165, 1.54) is 6.07 Å². The van der Waals surface area contributed by atoms with E-state index in [1.54, 1.807) is 36.1 Å². The number of fused-ring (bicyclic) bond motifs is 1. The second-order valence-electron chi connectivity index (χ2n) is 6.57. The van der Waals surface area contributed by atoms with Crippen LogP contribution in [0, 0.1) is 0 Å². The molecule has 7 nitrogen and oxygen atoms in total. The van der Waals surface area contributed by atoms with Crippen LogP contribution in [0.15, 0.2) is 48.5 Å². The molecule has 1 aliphatic rings. The molecule has 0 saturated heterocycles. The molecule has 2 N–H and O–H groups in total. The van der Waals surface area contributed by atoms with E-state index in [0.717, 1.165) is 5.56 Å². The van der Waals surface area contributed by atoms with Crippen molar-refractivity contribution in [2.75, 3.05) is 18.0 Å². The van der Waals surface area contributed by atoms with E-state index in [9.17, 15) is 14.4 Å². The first-order chi connectivity index (χ1) is 13.5. The summed E-state index contributed by atoms with van der Waals surface area (Å²) in [4.78, 5) is 37.2. The van der Waals surface area contributed by atoms with Crippen LogP contribution < -0.4 is 15.0 Å². The fourth-order valence-electron chi connectivity index (χ4n) is 3.10. The molecular weight excluding hydrogens is 360 g/mol. The summed E-state index contributed by atoms with van der Waals surface area (Å²) >= 11 is 0. The number of benzene rings is 2. The lowest BCUT2D eigenvalue weighted by atomic mass is 10.1. The normalized spacial score (nSPS) is 15.5. The molecule has 2 aromatic rings. The van der Waals surface area contributed by atoms with Crippen molar-refractivity contribution in [2.45, 2.75) is 25.9 Å². The van der Waals surface area contributed by atoms with Crippen molar-refractivity contribution < 1.29 is 24.2 Å². The minimum atomic E-state index is -0.976. The maximum Gasteiger partial charge on any atom is 0.335 e. The summed E-state index contributed by atoms with van der Waals surface area (Å²) in [6.45, 7) is 2.35. The molecule has 0 spiro atoms. The third-order valence-corrected chi connectivity index (χ3v) is 4.55. The lowest BCUT2D eigenvalue weighted by Gasteiger charge is -2.32. The zero-order valence-corrected chi connectivity index (χ0v) is 15.6. The minimum Gasteiger partial charge on any atom is -0.479 e. The van der Waals surface area contributed by atoms with Crippen LogP contribution in [0.2, 0.25) is 0 Å². The topological polar surface area (TPSA) is 95.9 Å². The number of hydrogen-bond acceptors (Lipinski definition) is 4. The van der Waals surface area contributed by atoms with Gasteiger partial charge in [0.05, 0.1) is 11.3 Å². The summed E-state index contributed by atoms with van der Waals surface area (Å²) in [6, 6.07) is 13.9. The van der Waals surface area contributed by atoms with Gasteiger partial charge in [0.1, 0.15) is 5.75 Å². The Morgan fingerprint density at radius 2 is 1.96 bits per heavy atom. The minimum absolute atomic E-state index is 0.168. The molecule has 3 rings (SSSR count). The average molecular weight is 382 g/mol. The number of nitrogens with one attached hydrogen (secondary N) is 1. The predicted molar refractivity (Wildman–Crippen MR) is 104 cm³/mol. The van der Waals surface area contributed by atoms with Gasteiger partial charge in [-0.15, -0.1) is 0 Å². The standard InChI is InChI=1S/C21H22N2O5/c1-14-20(25)23(17-7-2-3-8-18(17)28-14)12-10-19(24)22-11-9-15-5-4-6-16(13-15)21(26)27/h2-8,13-14H,9-12H2,1H3,(H,22,24)(H,26,27). The summed E-state index contributed by atoms with van der Waals surface area (Å²) in [7, 11) is 0. The summed E-state index contributed by atoms with van der Waals surface area (Å²) in [5.74, 6) is -0.681. The number of anilines is 1. The van der Waals surface area contributed by atoms with Crippen LogP contribution in [0.3, 0.4) is 0 Å². The zero-order chi connectivity index (χ0) is 20.1. The second kappa shape index (κ2) is 8.56. The van der Waals surface area contributed by atoms with Crippen LogP contribution in [-0.2, 0) is 16.0 Å². The second-order valence-corrected chi connectivity index (χ2v) is 6.57. The number of aromatic carboxylic acids is 1. The van der Waals surface area contributed by atoms with Crippen LogP contribution in [0.25, 0.3) is 0 Å². The molecule has 0 aromatic heterocycles. The summed E-state index contributed by atoms with van der Waals surface area (Å²) in [6.07, 6.45) is 0.116. The number of carboxylic acids is 1. The maximum atomic E-state index is 12.4. The first-order valence-electron chi connectivity index (χ1n) is 9.11. The number of nitrogens with zero attached hydrogens (tertiary/aromatic N) is 1. The predicted octanol–water partition coefficient (Wildman–Crippen LogP) is 2.25. The van der Waals surface area contributed by atoms with Crippen molar-refractivity contribution in [2.24, 2.45) is 0 Å². The van der Waals surface area contributed by atoms with Crippen molar-refractivity contribution in [3.8, 4) is 5.75 Å². The Balaban J connectivity index is 1.51. The number of amides is 2. The molecule has 0 saturated carbocycles. The number of carbonyl (C=O) groups excluding carboxylic acids is 2. The molecule has 1 atom stereocenters. The zero-order valence-electron chi connectivity index (χ0n) is 15.6. The molecule has 0 fully saturated rings. The number of para-hydroxylation sites is 2. The van der Waals surface area contributed by atoms with E-state index in [4.69, 9.17) is 9.84 Å². The molecule has 7 heteroatoms. The summed E-state index contributed by atoms with van der Waals surface area (Å²) in [5.41, 5.74) is 1.73. The van der Waals surface area contributed by atoms with Gasteiger partial charge in [-0.05, 0) is 43.2 Å². The van der Waals surface area contributed by atoms with E-state index in [-0.39, 0.29) is 30.3 Å². The number of carbonyl (C=O) groups is 3. The van der Waals surface area contributed by atoms with Crippen molar-refractivity contribution in [3.05, 3.63) is 59.7 Å². The third kappa shape index (κ3) is 4.49. The number of hydrogen-bond donors (Lipinski definition) is 2. The molecule has 1 heterocycles. The summed E-state index contributed by atoms with van der Waals surface area (Å²) < 4.78 is 5.59. The Labute approximate surface area is 162 Å². The largest absolute Gasteiger partial charge is 0.479 e. The molecule has 1 aliphatic heterocycles. The van der Waals surface area contributed by atoms with Crippen LogP contribution >= 0.6 is 0 Å². The maximum absolute atomic E-state index is 12.4. The Morgan fingerprint density at radius 1 is 1.18 bits per heavy atom. The van der Waals surface area contributed by atoms with Gasteiger partial charge in [-0.1, -0.05) is 24.3 Å². The highest BCUT2D eigenvalue weighted by molar-refractivity contribution is 6.00. The van der Waals surface area contributed by atoms with Gasteiger partial charge in [0, 0.05) is 19.5 Å². The van der Waals surface area contributed by atoms with E-state index in [0.29, 0.717) is 24.4 Å². The highest BCUT2D eigenvalue weighted by Crippen LogP contribution is 2.33. The van der Waals surface area contributed by atoms with E-state index in [2.05, 4.69) is 5.32 Å². The third-order valence-electron chi connectivity index (χ3n) is 4.55. The quantitative estimate of drug-likeness (QED) is 0.766. The van der Waals surface area contributed by atoms with Gasteiger partial charge in [-0.3, -0.25) is 9.59 Å². The van der Waals surface area contributed by atoms with Gasteiger partial charge in [0.25, 0.3) is 5.91 Å². The number of carboxylic acid groups (broad SMARTS) is 1. The molecule has 2 aromatic carbocycles. The Kier molecular flexibility index (Phi) is 5.93. The molecule has 146 valence electrons.